The molecule has 1 aromatic heterocycles. The largest absolute Gasteiger partial charge is 0.459 e. The SMILES string of the molecule is Cl.O=C(NCCC1CCNC1)c1occc1CS(=O)(=O)c1ccccc1. The van der Waals surface area contributed by atoms with Gasteiger partial charge in [0.25, 0.3) is 5.91 Å². The van der Waals surface area contributed by atoms with Gasteiger partial charge in [-0.3, -0.25) is 4.79 Å². The molecule has 1 aromatic carbocycles. The van der Waals surface area contributed by atoms with E-state index in [1.165, 1.54) is 12.3 Å². The number of amides is 1. The molecule has 1 fully saturated rings. The molecule has 0 saturated carbocycles. The highest BCUT2D eigenvalue weighted by Crippen LogP contribution is 2.20. The first kappa shape index (κ1) is 20.5. The Hall–Kier alpha value is -1.83. The Bertz CT molecular complexity index is 815. The Kier molecular flexibility index (Phi) is 7.25. The molecule has 2 heterocycles. The lowest BCUT2D eigenvalue weighted by Crippen LogP contribution is -2.27. The van der Waals surface area contributed by atoms with Crippen LogP contribution in [0, 0.1) is 5.92 Å². The van der Waals surface area contributed by atoms with E-state index in [0.29, 0.717) is 18.0 Å². The third kappa shape index (κ3) is 5.09. The highest BCUT2D eigenvalue weighted by Gasteiger charge is 2.22. The average molecular weight is 399 g/mol. The molecule has 1 amide bonds. The van der Waals surface area contributed by atoms with E-state index < -0.39 is 9.84 Å². The zero-order valence-electron chi connectivity index (χ0n) is 14.3. The van der Waals surface area contributed by atoms with Crippen LogP contribution in [0.25, 0.3) is 0 Å². The molecule has 1 atom stereocenters. The van der Waals surface area contributed by atoms with Gasteiger partial charge in [0.15, 0.2) is 15.6 Å². The van der Waals surface area contributed by atoms with Crippen LogP contribution in [-0.2, 0) is 15.6 Å². The fourth-order valence-corrected chi connectivity index (χ4v) is 4.37. The monoisotopic (exact) mass is 398 g/mol. The molecular formula is C18H23ClN2O4S. The maximum absolute atomic E-state index is 12.5. The highest BCUT2D eigenvalue weighted by atomic mass is 35.5. The van der Waals surface area contributed by atoms with Crippen molar-refractivity contribution in [2.24, 2.45) is 5.92 Å². The van der Waals surface area contributed by atoms with Crippen LogP contribution in [0.5, 0.6) is 0 Å². The van der Waals surface area contributed by atoms with Crippen molar-refractivity contribution in [2.45, 2.75) is 23.5 Å². The van der Waals surface area contributed by atoms with Gasteiger partial charge in [-0.2, -0.15) is 0 Å². The van der Waals surface area contributed by atoms with Crippen LogP contribution in [0.15, 0.2) is 52.0 Å². The predicted octanol–water partition coefficient (Wildman–Crippen LogP) is 2.40. The zero-order chi connectivity index (χ0) is 17.7. The van der Waals surface area contributed by atoms with Crippen LogP contribution < -0.4 is 10.6 Å². The summed E-state index contributed by atoms with van der Waals surface area (Å²) < 4.78 is 30.2. The molecule has 1 aliphatic rings. The van der Waals surface area contributed by atoms with Crippen molar-refractivity contribution in [1.82, 2.24) is 10.6 Å². The van der Waals surface area contributed by atoms with E-state index in [0.717, 1.165) is 25.9 Å². The number of nitrogens with one attached hydrogen (secondary N) is 2. The first-order valence-electron chi connectivity index (χ1n) is 8.39. The number of furan rings is 1. The highest BCUT2D eigenvalue weighted by molar-refractivity contribution is 7.90. The minimum atomic E-state index is -3.52. The van der Waals surface area contributed by atoms with Gasteiger partial charge in [-0.25, -0.2) is 8.42 Å². The molecule has 1 saturated heterocycles. The molecule has 142 valence electrons. The summed E-state index contributed by atoms with van der Waals surface area (Å²) in [5.41, 5.74) is 0.379. The van der Waals surface area contributed by atoms with E-state index in [9.17, 15) is 13.2 Å². The second-order valence-corrected chi connectivity index (χ2v) is 8.24. The number of carbonyl (C=O) groups excluding carboxylic acids is 1. The second-order valence-electron chi connectivity index (χ2n) is 6.25. The number of carbonyl (C=O) groups is 1. The van der Waals surface area contributed by atoms with Gasteiger partial charge in [-0.1, -0.05) is 18.2 Å². The molecule has 1 unspecified atom stereocenters. The third-order valence-corrected chi connectivity index (χ3v) is 6.08. The predicted molar refractivity (Wildman–Crippen MR) is 101 cm³/mol. The van der Waals surface area contributed by atoms with E-state index >= 15 is 0 Å². The molecule has 8 heteroatoms. The van der Waals surface area contributed by atoms with Crippen molar-refractivity contribution in [1.29, 1.82) is 0 Å². The van der Waals surface area contributed by atoms with Gasteiger partial charge in [-0.15, -0.1) is 12.4 Å². The van der Waals surface area contributed by atoms with Crippen LogP contribution in [0.2, 0.25) is 0 Å². The molecule has 0 bridgehead atoms. The third-order valence-electron chi connectivity index (χ3n) is 4.40. The smallest absolute Gasteiger partial charge is 0.287 e. The summed E-state index contributed by atoms with van der Waals surface area (Å²) in [5, 5.41) is 6.11. The number of hydrogen-bond acceptors (Lipinski definition) is 5. The normalized spacial score (nSPS) is 16.8. The first-order chi connectivity index (χ1) is 12.1. The maximum atomic E-state index is 12.5. The molecule has 26 heavy (non-hydrogen) atoms. The van der Waals surface area contributed by atoms with Gasteiger partial charge in [-0.05, 0) is 50.0 Å². The first-order valence-corrected chi connectivity index (χ1v) is 10.0. The van der Waals surface area contributed by atoms with Crippen molar-refractivity contribution < 1.29 is 17.6 Å². The lowest BCUT2D eigenvalue weighted by atomic mass is 10.1. The standard InChI is InChI=1S/C18H22N2O4S.ClH/c21-18(20-10-7-14-6-9-19-12-14)17-15(8-11-24-17)13-25(22,23)16-4-2-1-3-5-16;/h1-5,8,11,14,19H,6-7,9-10,12-13H2,(H,20,21);1H. The van der Waals surface area contributed by atoms with Crippen LogP contribution in [0.1, 0.15) is 29.0 Å². The molecule has 0 aliphatic carbocycles. The van der Waals surface area contributed by atoms with E-state index in [2.05, 4.69) is 10.6 Å². The Morgan fingerprint density at radius 2 is 2.00 bits per heavy atom. The summed E-state index contributed by atoms with van der Waals surface area (Å²) in [6.07, 6.45) is 3.37. The number of benzene rings is 1. The summed E-state index contributed by atoms with van der Waals surface area (Å²) >= 11 is 0. The lowest BCUT2D eigenvalue weighted by molar-refractivity contribution is 0.0923. The Morgan fingerprint density at radius 3 is 2.69 bits per heavy atom. The molecular weight excluding hydrogens is 376 g/mol. The van der Waals surface area contributed by atoms with E-state index in [4.69, 9.17) is 4.42 Å². The summed E-state index contributed by atoms with van der Waals surface area (Å²) in [4.78, 5) is 12.5. The molecule has 3 rings (SSSR count). The summed E-state index contributed by atoms with van der Waals surface area (Å²) in [6.45, 7) is 2.56. The summed E-state index contributed by atoms with van der Waals surface area (Å²) in [7, 11) is -3.52. The Morgan fingerprint density at radius 1 is 1.23 bits per heavy atom. The van der Waals surface area contributed by atoms with Gasteiger partial charge in [0.1, 0.15) is 0 Å². The molecule has 0 spiro atoms. The van der Waals surface area contributed by atoms with Gasteiger partial charge < -0.3 is 15.1 Å². The van der Waals surface area contributed by atoms with Gasteiger partial charge in [0.05, 0.1) is 16.9 Å². The molecule has 6 nitrogen and oxygen atoms in total. The van der Waals surface area contributed by atoms with E-state index in [1.807, 2.05) is 0 Å². The van der Waals surface area contributed by atoms with Crippen LogP contribution in [0.3, 0.4) is 0 Å². The Balaban J connectivity index is 0.00000243. The van der Waals surface area contributed by atoms with Crippen molar-refractivity contribution >= 4 is 28.2 Å². The Labute approximate surface area is 159 Å². The van der Waals surface area contributed by atoms with E-state index in [-0.39, 0.29) is 34.7 Å². The van der Waals surface area contributed by atoms with Crippen molar-refractivity contribution in [3.05, 3.63) is 54.0 Å². The number of rotatable bonds is 7. The average Bonchev–Trinajstić information content (AvgIpc) is 3.27. The lowest BCUT2D eigenvalue weighted by Gasteiger charge is -2.09. The quantitative estimate of drug-likeness (QED) is 0.747. The van der Waals surface area contributed by atoms with Crippen LogP contribution in [-0.4, -0.2) is 34.0 Å². The molecule has 2 N–H and O–H groups in total. The van der Waals surface area contributed by atoms with Crippen molar-refractivity contribution in [3.8, 4) is 0 Å². The number of hydrogen-bond donors (Lipinski definition) is 2. The number of sulfone groups is 1. The topological polar surface area (TPSA) is 88.4 Å². The minimum Gasteiger partial charge on any atom is -0.459 e. The fourth-order valence-electron chi connectivity index (χ4n) is 3.00. The van der Waals surface area contributed by atoms with Crippen LogP contribution >= 0.6 is 12.4 Å². The minimum absolute atomic E-state index is 0. The molecule has 1 aliphatic heterocycles. The molecule has 2 aromatic rings. The number of halogens is 1. The van der Waals surface area contributed by atoms with Gasteiger partial charge >= 0.3 is 0 Å². The zero-order valence-corrected chi connectivity index (χ0v) is 15.9. The summed E-state index contributed by atoms with van der Waals surface area (Å²) in [5.74, 6) is 0.0242. The van der Waals surface area contributed by atoms with Gasteiger partial charge in [0.2, 0.25) is 0 Å². The maximum Gasteiger partial charge on any atom is 0.287 e. The van der Waals surface area contributed by atoms with Crippen molar-refractivity contribution in [2.75, 3.05) is 19.6 Å². The fraction of sp³-hybridized carbons (Fsp3) is 0.389. The van der Waals surface area contributed by atoms with Gasteiger partial charge in [0, 0.05) is 12.1 Å². The van der Waals surface area contributed by atoms with Crippen molar-refractivity contribution in [3.63, 3.8) is 0 Å². The van der Waals surface area contributed by atoms with E-state index in [1.54, 1.807) is 30.3 Å². The second kappa shape index (κ2) is 9.21. The summed E-state index contributed by atoms with van der Waals surface area (Å²) in [6, 6.07) is 9.74. The molecule has 0 radical (unpaired) electrons. The van der Waals surface area contributed by atoms with Crippen LogP contribution in [0.4, 0.5) is 0 Å².